The molecule has 0 radical (unpaired) electrons. The largest absolute Gasteiger partial charge is 0.357 e. The Kier molecular flexibility index (Phi) is 9.19. The highest BCUT2D eigenvalue weighted by atomic mass is 31.2. The van der Waals surface area contributed by atoms with E-state index in [0.29, 0.717) is 5.56 Å². The summed E-state index contributed by atoms with van der Waals surface area (Å²) in [5.74, 6) is -1.72. The highest BCUT2D eigenvalue weighted by molar-refractivity contribution is 7.54. The average Bonchev–Trinajstić information content (AvgIpc) is 2.54. The maximum absolute atomic E-state index is 13.3. The predicted molar refractivity (Wildman–Crippen MR) is 92.3 cm³/mol. The minimum absolute atomic E-state index is 0.275. The molecule has 1 aromatic carbocycles. The molecule has 0 aliphatic rings. The number of unbranched alkanes of at least 4 members (excludes halogenated alkanes) is 2. The fourth-order valence-electron chi connectivity index (χ4n) is 2.04. The van der Waals surface area contributed by atoms with Crippen LogP contribution >= 0.6 is 7.60 Å². The summed E-state index contributed by atoms with van der Waals surface area (Å²) >= 11 is 0. The van der Waals surface area contributed by atoms with Crippen molar-refractivity contribution < 1.29 is 22.8 Å². The SMILES string of the molecule is CCCCOP(=O)(OCCCC)[C@@H](NC(C)=O)c1ccc(F)cc1. The lowest BCUT2D eigenvalue weighted by molar-refractivity contribution is -0.119. The van der Waals surface area contributed by atoms with Gasteiger partial charge in [0.1, 0.15) is 5.82 Å². The second-order valence-electron chi connectivity index (χ2n) is 5.57. The molecule has 0 aliphatic heterocycles. The van der Waals surface area contributed by atoms with Gasteiger partial charge in [0.15, 0.2) is 5.78 Å². The van der Waals surface area contributed by atoms with Gasteiger partial charge in [0.25, 0.3) is 0 Å². The van der Waals surface area contributed by atoms with Crippen molar-refractivity contribution in [1.82, 2.24) is 5.32 Å². The van der Waals surface area contributed by atoms with Crippen LogP contribution in [0.15, 0.2) is 24.3 Å². The Morgan fingerprint density at radius 2 is 1.62 bits per heavy atom. The molecule has 1 amide bonds. The highest BCUT2D eigenvalue weighted by Crippen LogP contribution is 2.59. The Hall–Kier alpha value is -1.23. The second-order valence-corrected chi connectivity index (χ2v) is 7.68. The summed E-state index contributed by atoms with van der Waals surface area (Å²) in [7, 11) is -3.63. The Bertz CT molecular complexity index is 536. The summed E-state index contributed by atoms with van der Waals surface area (Å²) in [6.07, 6.45) is 3.24. The highest BCUT2D eigenvalue weighted by Gasteiger charge is 2.38. The number of carbonyl (C=O) groups excluding carboxylic acids is 1. The van der Waals surface area contributed by atoms with Crippen LogP contribution in [0, 0.1) is 5.82 Å². The number of nitrogens with one attached hydrogen (secondary N) is 1. The molecule has 1 N–H and O–H groups in total. The number of amides is 1. The first-order chi connectivity index (χ1) is 11.4. The van der Waals surface area contributed by atoms with Crippen molar-refractivity contribution in [2.24, 2.45) is 0 Å². The molecule has 5 nitrogen and oxygen atoms in total. The van der Waals surface area contributed by atoms with Crippen LogP contribution in [-0.4, -0.2) is 19.1 Å². The quantitative estimate of drug-likeness (QED) is 0.456. The molecule has 0 bridgehead atoms. The van der Waals surface area contributed by atoms with Gasteiger partial charge >= 0.3 is 7.60 Å². The molecule has 0 aliphatic carbocycles. The van der Waals surface area contributed by atoms with E-state index in [2.05, 4.69) is 5.32 Å². The molecule has 0 aromatic heterocycles. The standard InChI is InChI=1S/C17H27FNO4P/c1-4-6-12-22-24(21,23-13-7-5-2)17(19-14(3)20)15-8-10-16(18)11-9-15/h8-11,17H,4-7,12-13H2,1-3H3,(H,19,20)/t17-/m1/s1. The molecule has 1 atom stereocenters. The van der Waals surface area contributed by atoms with Crippen molar-refractivity contribution in [3.63, 3.8) is 0 Å². The topological polar surface area (TPSA) is 64.6 Å². The Balaban J connectivity index is 3.09. The van der Waals surface area contributed by atoms with Crippen molar-refractivity contribution in [3.05, 3.63) is 35.6 Å². The fraction of sp³-hybridized carbons (Fsp3) is 0.588. The normalized spacial score (nSPS) is 12.8. The molecule has 1 aromatic rings. The lowest BCUT2D eigenvalue weighted by Crippen LogP contribution is -2.27. The van der Waals surface area contributed by atoms with Gasteiger partial charge < -0.3 is 14.4 Å². The molecule has 24 heavy (non-hydrogen) atoms. The van der Waals surface area contributed by atoms with Gasteiger partial charge in [-0.05, 0) is 30.5 Å². The lowest BCUT2D eigenvalue weighted by Gasteiger charge is -2.27. The van der Waals surface area contributed by atoms with Crippen LogP contribution in [0.2, 0.25) is 0 Å². The zero-order chi connectivity index (χ0) is 18.0. The summed E-state index contributed by atoms with van der Waals surface area (Å²) < 4.78 is 37.7. The minimum atomic E-state index is -3.63. The smallest absolute Gasteiger partial charge is 0.339 e. The monoisotopic (exact) mass is 359 g/mol. The van der Waals surface area contributed by atoms with Gasteiger partial charge in [-0.2, -0.15) is 0 Å². The number of benzene rings is 1. The van der Waals surface area contributed by atoms with E-state index in [-0.39, 0.29) is 19.1 Å². The third kappa shape index (κ3) is 6.71. The third-order valence-corrected chi connectivity index (χ3v) is 5.52. The van der Waals surface area contributed by atoms with Gasteiger partial charge in [0.2, 0.25) is 5.91 Å². The van der Waals surface area contributed by atoms with E-state index >= 15 is 0 Å². The zero-order valence-corrected chi connectivity index (χ0v) is 15.5. The van der Waals surface area contributed by atoms with Crippen LogP contribution in [0.3, 0.4) is 0 Å². The zero-order valence-electron chi connectivity index (χ0n) is 14.6. The van der Waals surface area contributed by atoms with Crippen LogP contribution in [0.5, 0.6) is 0 Å². The second kappa shape index (κ2) is 10.6. The molecular weight excluding hydrogens is 332 g/mol. The van der Waals surface area contributed by atoms with Crippen LogP contribution in [-0.2, 0) is 18.4 Å². The van der Waals surface area contributed by atoms with Gasteiger partial charge in [0, 0.05) is 6.92 Å². The molecule has 136 valence electrons. The van der Waals surface area contributed by atoms with E-state index in [4.69, 9.17) is 9.05 Å². The first kappa shape index (κ1) is 20.8. The van der Waals surface area contributed by atoms with Crippen LogP contribution < -0.4 is 5.32 Å². The minimum Gasteiger partial charge on any atom is -0.339 e. The summed E-state index contributed by atoms with van der Waals surface area (Å²) in [5.41, 5.74) is 0.489. The molecule has 7 heteroatoms. The van der Waals surface area contributed by atoms with Crippen molar-refractivity contribution in [2.45, 2.75) is 52.2 Å². The van der Waals surface area contributed by atoms with Crippen LogP contribution in [0.25, 0.3) is 0 Å². The Morgan fingerprint density at radius 1 is 1.12 bits per heavy atom. The summed E-state index contributed by atoms with van der Waals surface area (Å²) in [5, 5.41) is 2.64. The molecule has 0 spiro atoms. The van der Waals surface area contributed by atoms with E-state index in [1.807, 2.05) is 13.8 Å². The van der Waals surface area contributed by atoms with Gasteiger partial charge in [-0.3, -0.25) is 9.36 Å². The van der Waals surface area contributed by atoms with Crippen LogP contribution in [0.1, 0.15) is 57.8 Å². The van der Waals surface area contributed by atoms with Crippen molar-refractivity contribution in [3.8, 4) is 0 Å². The first-order valence-electron chi connectivity index (χ1n) is 8.34. The molecule has 0 unspecified atom stereocenters. The van der Waals surface area contributed by atoms with Gasteiger partial charge in [-0.15, -0.1) is 0 Å². The summed E-state index contributed by atoms with van der Waals surface area (Å²) in [6.45, 7) is 5.88. The predicted octanol–water partition coefficient (Wildman–Crippen LogP) is 4.79. The maximum atomic E-state index is 13.3. The van der Waals surface area contributed by atoms with Gasteiger partial charge in [0.05, 0.1) is 13.2 Å². The first-order valence-corrected chi connectivity index (χ1v) is 9.95. The van der Waals surface area contributed by atoms with E-state index in [1.165, 1.54) is 31.2 Å². The van der Waals surface area contributed by atoms with Crippen molar-refractivity contribution in [2.75, 3.05) is 13.2 Å². The lowest BCUT2D eigenvalue weighted by atomic mass is 10.2. The van der Waals surface area contributed by atoms with Gasteiger partial charge in [-0.25, -0.2) is 4.39 Å². The Morgan fingerprint density at radius 3 is 2.04 bits per heavy atom. The van der Waals surface area contributed by atoms with E-state index in [1.54, 1.807) is 0 Å². The Labute approximate surface area is 143 Å². The number of halogens is 1. The van der Waals surface area contributed by atoms with E-state index < -0.39 is 19.2 Å². The number of hydrogen-bond acceptors (Lipinski definition) is 4. The molecule has 0 saturated carbocycles. The molecule has 0 heterocycles. The summed E-state index contributed by atoms with van der Waals surface area (Å²) in [6, 6.07) is 5.48. The average molecular weight is 359 g/mol. The van der Waals surface area contributed by atoms with Crippen molar-refractivity contribution >= 4 is 13.5 Å². The number of hydrogen-bond donors (Lipinski definition) is 1. The van der Waals surface area contributed by atoms with E-state index in [9.17, 15) is 13.8 Å². The molecule has 0 fully saturated rings. The number of rotatable bonds is 11. The molecule has 1 rings (SSSR count). The third-order valence-electron chi connectivity index (χ3n) is 3.38. The maximum Gasteiger partial charge on any atom is 0.357 e. The van der Waals surface area contributed by atoms with E-state index in [0.717, 1.165) is 25.7 Å². The number of carbonyl (C=O) groups is 1. The van der Waals surface area contributed by atoms with Crippen molar-refractivity contribution in [1.29, 1.82) is 0 Å². The van der Waals surface area contributed by atoms with Crippen LogP contribution in [0.4, 0.5) is 4.39 Å². The summed E-state index contributed by atoms with van der Waals surface area (Å²) in [4.78, 5) is 11.6. The molecular formula is C17H27FNO4P. The molecule has 0 saturated heterocycles. The fourth-order valence-corrected chi connectivity index (χ4v) is 4.06. The van der Waals surface area contributed by atoms with Gasteiger partial charge in [-0.1, -0.05) is 38.8 Å².